The minimum atomic E-state index is 0.179. The molecule has 1 aromatic rings. The summed E-state index contributed by atoms with van der Waals surface area (Å²) in [5.41, 5.74) is 1.13. The number of aromatic nitrogens is 1. The van der Waals surface area contributed by atoms with Gasteiger partial charge in [-0.25, -0.2) is 4.98 Å². The number of aryl methyl sites for hydroxylation is 1. The molecule has 0 aliphatic carbocycles. The van der Waals surface area contributed by atoms with E-state index in [0.717, 1.165) is 44.5 Å². The van der Waals surface area contributed by atoms with Crippen LogP contribution in [0, 0.1) is 0 Å². The summed E-state index contributed by atoms with van der Waals surface area (Å²) in [5.74, 6) is 0.179. The van der Waals surface area contributed by atoms with Gasteiger partial charge in [0.2, 0.25) is 5.91 Å². The van der Waals surface area contributed by atoms with Gasteiger partial charge in [0.15, 0.2) is 0 Å². The van der Waals surface area contributed by atoms with Crippen LogP contribution >= 0.6 is 11.3 Å². The third-order valence-corrected chi connectivity index (χ3v) is 4.13. The van der Waals surface area contributed by atoms with Gasteiger partial charge >= 0.3 is 0 Å². The van der Waals surface area contributed by atoms with Crippen LogP contribution in [-0.2, 0) is 17.8 Å². The Morgan fingerprint density at radius 3 is 3.28 bits per heavy atom. The van der Waals surface area contributed by atoms with E-state index in [4.69, 9.17) is 0 Å². The first-order chi connectivity index (χ1) is 8.78. The van der Waals surface area contributed by atoms with Crippen LogP contribution in [0.3, 0.4) is 0 Å². The molecule has 5 heteroatoms. The zero-order valence-electron chi connectivity index (χ0n) is 10.9. The predicted octanol–water partition coefficient (Wildman–Crippen LogP) is 1.85. The van der Waals surface area contributed by atoms with Gasteiger partial charge in [-0.1, -0.05) is 6.92 Å². The lowest BCUT2D eigenvalue weighted by Gasteiger charge is -2.14. The van der Waals surface area contributed by atoms with Crippen molar-refractivity contribution in [1.82, 2.24) is 15.6 Å². The molecule has 4 nitrogen and oxygen atoms in total. The molecule has 100 valence electrons. The van der Waals surface area contributed by atoms with E-state index < -0.39 is 0 Å². The molecule has 0 saturated carbocycles. The van der Waals surface area contributed by atoms with Gasteiger partial charge < -0.3 is 10.6 Å². The molecule has 1 aliphatic heterocycles. The second-order valence-corrected chi connectivity index (χ2v) is 5.68. The van der Waals surface area contributed by atoms with Gasteiger partial charge in [0.25, 0.3) is 0 Å². The van der Waals surface area contributed by atoms with Crippen LogP contribution in [0.25, 0.3) is 0 Å². The van der Waals surface area contributed by atoms with Gasteiger partial charge in [-0.2, -0.15) is 0 Å². The van der Waals surface area contributed by atoms with Crippen LogP contribution in [-0.4, -0.2) is 23.5 Å². The van der Waals surface area contributed by atoms with Gasteiger partial charge in [-0.05, 0) is 25.7 Å². The minimum absolute atomic E-state index is 0.179. The Hall–Kier alpha value is -0.940. The fourth-order valence-corrected chi connectivity index (χ4v) is 3.04. The summed E-state index contributed by atoms with van der Waals surface area (Å²) in [7, 11) is 0. The zero-order valence-corrected chi connectivity index (χ0v) is 11.7. The Kier molecular flexibility index (Phi) is 5.13. The summed E-state index contributed by atoms with van der Waals surface area (Å²) < 4.78 is 0. The molecule has 1 unspecified atom stereocenters. The molecular formula is C13H21N3OS. The summed E-state index contributed by atoms with van der Waals surface area (Å²) in [6.45, 7) is 3.78. The molecule has 1 saturated heterocycles. The number of hydrogen-bond donors (Lipinski definition) is 2. The summed E-state index contributed by atoms with van der Waals surface area (Å²) in [4.78, 5) is 15.8. The zero-order chi connectivity index (χ0) is 12.8. The maximum absolute atomic E-state index is 11.2. The number of carbonyl (C=O) groups is 1. The van der Waals surface area contributed by atoms with Crippen molar-refractivity contribution in [2.45, 2.75) is 51.6 Å². The van der Waals surface area contributed by atoms with Gasteiger partial charge in [-0.3, -0.25) is 4.79 Å². The van der Waals surface area contributed by atoms with Gasteiger partial charge in [-0.15, -0.1) is 11.3 Å². The summed E-state index contributed by atoms with van der Waals surface area (Å²) >= 11 is 1.75. The molecule has 2 N–H and O–H groups in total. The molecular weight excluding hydrogens is 246 g/mol. The predicted molar refractivity (Wildman–Crippen MR) is 73.6 cm³/mol. The Labute approximate surface area is 112 Å². The largest absolute Gasteiger partial charge is 0.356 e. The van der Waals surface area contributed by atoms with Crippen molar-refractivity contribution in [3.63, 3.8) is 0 Å². The number of thiazole rings is 1. The molecule has 1 amide bonds. The molecule has 1 atom stereocenters. The highest BCUT2D eigenvalue weighted by molar-refractivity contribution is 7.09. The van der Waals surface area contributed by atoms with E-state index in [-0.39, 0.29) is 5.91 Å². The third kappa shape index (κ3) is 4.07. The number of carbonyl (C=O) groups excluding carboxylic acids is 1. The highest BCUT2D eigenvalue weighted by Gasteiger charge is 2.15. The van der Waals surface area contributed by atoms with Crippen LogP contribution in [0.4, 0.5) is 0 Å². The summed E-state index contributed by atoms with van der Waals surface area (Å²) in [5, 5.41) is 9.77. The minimum Gasteiger partial charge on any atom is -0.356 e. The average molecular weight is 267 g/mol. The monoisotopic (exact) mass is 267 g/mol. The highest BCUT2D eigenvalue weighted by atomic mass is 32.1. The fraction of sp³-hybridized carbons (Fsp3) is 0.692. The molecule has 1 aliphatic rings. The SMILES string of the molecule is CCCc1nc(CNC2CCNC(=O)CC2)cs1. The molecule has 0 spiro atoms. The lowest BCUT2D eigenvalue weighted by Crippen LogP contribution is -2.29. The Bertz CT molecular complexity index is 391. The lowest BCUT2D eigenvalue weighted by atomic mass is 10.1. The van der Waals surface area contributed by atoms with Crippen LogP contribution in [0.1, 0.15) is 43.3 Å². The van der Waals surface area contributed by atoms with Crippen LogP contribution in [0.5, 0.6) is 0 Å². The highest BCUT2D eigenvalue weighted by Crippen LogP contribution is 2.13. The Morgan fingerprint density at radius 1 is 1.56 bits per heavy atom. The van der Waals surface area contributed by atoms with Crippen molar-refractivity contribution in [2.24, 2.45) is 0 Å². The number of nitrogens with one attached hydrogen (secondary N) is 2. The molecule has 0 radical (unpaired) electrons. The van der Waals surface area contributed by atoms with E-state index >= 15 is 0 Å². The van der Waals surface area contributed by atoms with Crippen LogP contribution < -0.4 is 10.6 Å². The van der Waals surface area contributed by atoms with E-state index in [1.807, 2.05) is 0 Å². The van der Waals surface area contributed by atoms with Crippen LogP contribution in [0.2, 0.25) is 0 Å². The van der Waals surface area contributed by atoms with Gasteiger partial charge in [0.1, 0.15) is 0 Å². The normalized spacial score (nSPS) is 20.5. The molecule has 0 bridgehead atoms. The molecule has 18 heavy (non-hydrogen) atoms. The third-order valence-electron chi connectivity index (χ3n) is 3.17. The average Bonchev–Trinajstić information content (AvgIpc) is 2.70. The summed E-state index contributed by atoms with van der Waals surface area (Å²) in [6.07, 6.45) is 4.80. The van der Waals surface area contributed by atoms with Crippen molar-refractivity contribution in [2.75, 3.05) is 6.54 Å². The maximum atomic E-state index is 11.2. The van der Waals surface area contributed by atoms with Crippen molar-refractivity contribution in [3.8, 4) is 0 Å². The van der Waals surface area contributed by atoms with E-state index in [1.165, 1.54) is 5.01 Å². The first-order valence-corrected chi connectivity index (χ1v) is 7.59. The Balaban J connectivity index is 1.77. The molecule has 2 rings (SSSR count). The second kappa shape index (κ2) is 6.85. The first-order valence-electron chi connectivity index (χ1n) is 6.71. The van der Waals surface area contributed by atoms with Crippen LogP contribution in [0.15, 0.2) is 5.38 Å². The standard InChI is InChI=1S/C13H21N3OS/c1-2-3-13-16-11(9-18-13)8-15-10-4-5-12(17)14-7-6-10/h9-10,15H,2-8H2,1H3,(H,14,17). The first kappa shape index (κ1) is 13.5. The second-order valence-electron chi connectivity index (χ2n) is 4.74. The quantitative estimate of drug-likeness (QED) is 0.856. The van der Waals surface area contributed by atoms with Crippen molar-refractivity contribution in [1.29, 1.82) is 0 Å². The number of hydrogen-bond acceptors (Lipinski definition) is 4. The molecule has 0 aromatic carbocycles. The Morgan fingerprint density at radius 2 is 2.44 bits per heavy atom. The van der Waals surface area contributed by atoms with E-state index in [9.17, 15) is 4.79 Å². The van der Waals surface area contributed by atoms with Crippen molar-refractivity contribution < 1.29 is 4.79 Å². The van der Waals surface area contributed by atoms with Gasteiger partial charge in [0.05, 0.1) is 10.7 Å². The molecule has 1 aromatic heterocycles. The van der Waals surface area contributed by atoms with Gasteiger partial charge in [0, 0.05) is 30.9 Å². The summed E-state index contributed by atoms with van der Waals surface area (Å²) in [6, 6.07) is 0.431. The van der Waals surface area contributed by atoms with Crippen molar-refractivity contribution >= 4 is 17.2 Å². The van der Waals surface area contributed by atoms with Crippen molar-refractivity contribution in [3.05, 3.63) is 16.1 Å². The molecule has 2 heterocycles. The van der Waals surface area contributed by atoms with E-state index in [0.29, 0.717) is 12.5 Å². The smallest absolute Gasteiger partial charge is 0.220 e. The van der Waals surface area contributed by atoms with E-state index in [2.05, 4.69) is 27.9 Å². The topological polar surface area (TPSA) is 54.0 Å². The number of rotatable bonds is 5. The molecule has 1 fully saturated rings. The van der Waals surface area contributed by atoms with E-state index in [1.54, 1.807) is 11.3 Å². The number of amides is 1. The fourth-order valence-electron chi connectivity index (χ4n) is 2.14. The lowest BCUT2D eigenvalue weighted by molar-refractivity contribution is -0.120. The maximum Gasteiger partial charge on any atom is 0.220 e. The number of nitrogens with zero attached hydrogens (tertiary/aromatic N) is 1.